The van der Waals surface area contributed by atoms with Gasteiger partial charge in [0.25, 0.3) is 0 Å². The molecule has 0 saturated heterocycles. The smallest absolute Gasteiger partial charge is 0.239 e. The zero-order valence-corrected chi connectivity index (χ0v) is 16.4. The van der Waals surface area contributed by atoms with Crippen molar-refractivity contribution in [3.63, 3.8) is 0 Å². The lowest BCUT2D eigenvalue weighted by Gasteiger charge is -2.09. The molecule has 0 atom stereocenters. The third kappa shape index (κ3) is 4.20. The van der Waals surface area contributed by atoms with Crippen LogP contribution >= 0.6 is 0 Å². The van der Waals surface area contributed by atoms with E-state index >= 15 is 0 Å². The zero-order valence-electron chi connectivity index (χ0n) is 15.6. The lowest BCUT2D eigenvalue weighted by Crippen LogP contribution is -2.24. The van der Waals surface area contributed by atoms with Crippen molar-refractivity contribution in [2.75, 3.05) is 11.1 Å². The van der Waals surface area contributed by atoms with Crippen LogP contribution in [0.15, 0.2) is 66.7 Å². The molecule has 6 heteroatoms. The van der Waals surface area contributed by atoms with Crippen LogP contribution < -0.4 is 5.32 Å². The Labute approximate surface area is 169 Å². The summed E-state index contributed by atoms with van der Waals surface area (Å²) in [7, 11) is -3.62. The molecule has 0 spiro atoms. The van der Waals surface area contributed by atoms with Crippen LogP contribution in [0.3, 0.4) is 0 Å². The molecule has 3 aromatic rings. The number of rotatable bonds is 5. The summed E-state index contributed by atoms with van der Waals surface area (Å²) in [6, 6.07) is 22.1. The lowest BCUT2D eigenvalue weighted by molar-refractivity contribution is -0.113. The van der Waals surface area contributed by atoms with E-state index in [4.69, 9.17) is 5.26 Å². The number of hydrogen-bond donors (Lipinski definition) is 1. The van der Waals surface area contributed by atoms with Crippen LogP contribution in [0, 0.1) is 11.3 Å². The second-order valence-corrected chi connectivity index (χ2v) is 9.16. The van der Waals surface area contributed by atoms with E-state index in [1.807, 2.05) is 30.3 Å². The predicted molar refractivity (Wildman–Crippen MR) is 112 cm³/mol. The number of nitriles is 1. The van der Waals surface area contributed by atoms with Crippen molar-refractivity contribution in [1.82, 2.24) is 0 Å². The van der Waals surface area contributed by atoms with Gasteiger partial charge in [0.15, 0.2) is 9.84 Å². The molecule has 1 aliphatic rings. The number of benzene rings is 3. The molecule has 0 fully saturated rings. The standard InChI is InChI=1S/C23H18N2O3S/c24-13-16-5-7-17(8-6-16)14-29(27,28)15-23(26)25-20-9-10-22-19(12-20)11-18-3-1-2-4-21(18)22/h1-10,12H,11,14-15H2,(H,25,26). The minimum atomic E-state index is -3.62. The number of hydrogen-bond acceptors (Lipinski definition) is 4. The van der Waals surface area contributed by atoms with Crippen molar-refractivity contribution in [3.8, 4) is 17.2 Å². The van der Waals surface area contributed by atoms with E-state index in [-0.39, 0.29) is 5.75 Å². The van der Waals surface area contributed by atoms with Gasteiger partial charge in [-0.25, -0.2) is 8.42 Å². The Hall–Kier alpha value is -3.43. The summed E-state index contributed by atoms with van der Waals surface area (Å²) in [6.45, 7) is 0. The summed E-state index contributed by atoms with van der Waals surface area (Å²) in [6.07, 6.45) is 0.798. The molecule has 4 rings (SSSR count). The summed E-state index contributed by atoms with van der Waals surface area (Å²) in [5.74, 6) is -1.40. The summed E-state index contributed by atoms with van der Waals surface area (Å²) >= 11 is 0. The van der Waals surface area contributed by atoms with E-state index in [1.165, 1.54) is 11.1 Å². The molecular weight excluding hydrogens is 384 g/mol. The number of amides is 1. The molecular formula is C23H18N2O3S. The van der Waals surface area contributed by atoms with E-state index in [0.29, 0.717) is 16.8 Å². The summed E-state index contributed by atoms with van der Waals surface area (Å²) in [5.41, 5.74) is 6.31. The highest BCUT2D eigenvalue weighted by Crippen LogP contribution is 2.37. The van der Waals surface area contributed by atoms with Crippen molar-refractivity contribution in [1.29, 1.82) is 5.26 Å². The van der Waals surface area contributed by atoms with Crippen LogP contribution in [0.4, 0.5) is 5.69 Å². The van der Waals surface area contributed by atoms with Crippen molar-refractivity contribution in [3.05, 3.63) is 89.0 Å². The van der Waals surface area contributed by atoms with E-state index in [2.05, 4.69) is 17.4 Å². The molecule has 0 saturated carbocycles. The van der Waals surface area contributed by atoms with Gasteiger partial charge in [0.1, 0.15) is 5.75 Å². The third-order valence-electron chi connectivity index (χ3n) is 4.90. The number of carbonyl (C=O) groups excluding carboxylic acids is 1. The minimum Gasteiger partial charge on any atom is -0.325 e. The predicted octanol–water partition coefficient (Wildman–Crippen LogP) is 3.68. The SMILES string of the molecule is N#Cc1ccc(CS(=O)(=O)CC(=O)Nc2ccc3c(c2)Cc2ccccc2-3)cc1. The molecule has 0 aliphatic heterocycles. The number of carbonyl (C=O) groups is 1. The Morgan fingerprint density at radius 2 is 1.69 bits per heavy atom. The lowest BCUT2D eigenvalue weighted by atomic mass is 10.1. The Kier molecular flexibility index (Phi) is 4.91. The first-order chi connectivity index (χ1) is 13.9. The summed E-state index contributed by atoms with van der Waals surface area (Å²) < 4.78 is 24.7. The fourth-order valence-electron chi connectivity index (χ4n) is 3.60. The largest absolute Gasteiger partial charge is 0.325 e. The van der Waals surface area contributed by atoms with Crippen molar-refractivity contribution < 1.29 is 13.2 Å². The van der Waals surface area contributed by atoms with Crippen LogP contribution in [0.2, 0.25) is 0 Å². The average Bonchev–Trinajstić information content (AvgIpc) is 3.05. The molecule has 1 aliphatic carbocycles. The van der Waals surface area contributed by atoms with Crippen LogP contribution in [-0.4, -0.2) is 20.1 Å². The first-order valence-corrected chi connectivity index (χ1v) is 11.0. The summed E-state index contributed by atoms with van der Waals surface area (Å²) in [5, 5.41) is 11.5. The molecule has 0 radical (unpaired) electrons. The Balaban J connectivity index is 1.42. The van der Waals surface area contributed by atoms with Gasteiger partial charge < -0.3 is 5.32 Å². The van der Waals surface area contributed by atoms with Crippen molar-refractivity contribution >= 4 is 21.4 Å². The van der Waals surface area contributed by atoms with Gasteiger partial charge in [-0.15, -0.1) is 0 Å². The van der Waals surface area contributed by atoms with Gasteiger partial charge >= 0.3 is 0 Å². The van der Waals surface area contributed by atoms with Gasteiger partial charge in [0, 0.05) is 5.69 Å². The van der Waals surface area contributed by atoms with Gasteiger partial charge in [-0.3, -0.25) is 4.79 Å². The van der Waals surface area contributed by atoms with Crippen LogP contribution in [0.1, 0.15) is 22.3 Å². The van der Waals surface area contributed by atoms with Crippen LogP contribution in [-0.2, 0) is 26.8 Å². The van der Waals surface area contributed by atoms with Crippen molar-refractivity contribution in [2.45, 2.75) is 12.2 Å². The van der Waals surface area contributed by atoms with Gasteiger partial charge in [0.05, 0.1) is 17.4 Å². The normalized spacial score (nSPS) is 12.0. The van der Waals surface area contributed by atoms with E-state index in [1.54, 1.807) is 30.3 Å². The maximum absolute atomic E-state index is 12.4. The maximum atomic E-state index is 12.4. The fraction of sp³-hybridized carbons (Fsp3) is 0.130. The molecule has 144 valence electrons. The highest BCUT2D eigenvalue weighted by atomic mass is 32.2. The number of nitrogens with one attached hydrogen (secondary N) is 1. The zero-order chi connectivity index (χ0) is 20.4. The monoisotopic (exact) mass is 402 g/mol. The number of fused-ring (bicyclic) bond motifs is 3. The minimum absolute atomic E-state index is 0.244. The molecule has 3 aromatic carbocycles. The second kappa shape index (κ2) is 7.53. The molecule has 5 nitrogen and oxygen atoms in total. The number of nitrogens with zero attached hydrogens (tertiary/aromatic N) is 1. The highest BCUT2D eigenvalue weighted by Gasteiger charge is 2.20. The second-order valence-electron chi connectivity index (χ2n) is 7.09. The van der Waals surface area contributed by atoms with Crippen LogP contribution in [0.25, 0.3) is 11.1 Å². The molecule has 29 heavy (non-hydrogen) atoms. The Bertz CT molecular complexity index is 1240. The molecule has 1 N–H and O–H groups in total. The first-order valence-electron chi connectivity index (χ1n) is 9.14. The number of sulfone groups is 1. The average molecular weight is 402 g/mol. The number of anilines is 1. The van der Waals surface area contributed by atoms with Gasteiger partial charge in [-0.05, 0) is 58.5 Å². The van der Waals surface area contributed by atoms with Gasteiger partial charge in [-0.2, -0.15) is 5.26 Å². The first kappa shape index (κ1) is 18.9. The quantitative estimate of drug-likeness (QED) is 0.552. The molecule has 1 amide bonds. The molecule has 0 bridgehead atoms. The van der Waals surface area contributed by atoms with E-state index < -0.39 is 21.5 Å². The van der Waals surface area contributed by atoms with Gasteiger partial charge in [0.2, 0.25) is 5.91 Å². The Morgan fingerprint density at radius 1 is 0.966 bits per heavy atom. The van der Waals surface area contributed by atoms with Gasteiger partial charge in [-0.1, -0.05) is 42.5 Å². The fourth-order valence-corrected chi connectivity index (χ4v) is 4.87. The Morgan fingerprint density at radius 3 is 2.45 bits per heavy atom. The topological polar surface area (TPSA) is 87.0 Å². The molecule has 0 unspecified atom stereocenters. The molecule has 0 heterocycles. The van der Waals surface area contributed by atoms with E-state index in [9.17, 15) is 13.2 Å². The molecule has 0 aromatic heterocycles. The third-order valence-corrected chi connectivity index (χ3v) is 6.37. The maximum Gasteiger partial charge on any atom is 0.239 e. The van der Waals surface area contributed by atoms with Crippen LogP contribution in [0.5, 0.6) is 0 Å². The summed E-state index contributed by atoms with van der Waals surface area (Å²) in [4.78, 5) is 12.3. The highest BCUT2D eigenvalue weighted by molar-refractivity contribution is 7.91. The van der Waals surface area contributed by atoms with E-state index in [0.717, 1.165) is 17.5 Å². The van der Waals surface area contributed by atoms with Crippen molar-refractivity contribution in [2.24, 2.45) is 0 Å².